The topological polar surface area (TPSA) is 37.4 Å². The highest BCUT2D eigenvalue weighted by atomic mass is 79.9. The van der Waals surface area contributed by atoms with Crippen LogP contribution < -0.4 is 0 Å². The third-order valence-electron chi connectivity index (χ3n) is 2.45. The molecule has 0 heterocycles. The van der Waals surface area contributed by atoms with Crippen molar-refractivity contribution in [2.24, 2.45) is 0 Å². The molecule has 8 heteroatoms. The number of benzene rings is 1. The van der Waals surface area contributed by atoms with Gasteiger partial charge < -0.3 is 0 Å². The Morgan fingerprint density at radius 3 is 2.32 bits per heavy atom. The molecular formula is C11H14BrCl2NO2S2. The summed E-state index contributed by atoms with van der Waals surface area (Å²) in [5.74, 6) is 0.904. The molecule has 19 heavy (non-hydrogen) atoms. The molecule has 108 valence electrons. The molecule has 0 aliphatic heterocycles. The van der Waals surface area contributed by atoms with Gasteiger partial charge in [0.25, 0.3) is 0 Å². The predicted octanol–water partition coefficient (Wildman–Crippen LogP) is 4.13. The molecule has 0 spiro atoms. The van der Waals surface area contributed by atoms with Crippen LogP contribution in [0.5, 0.6) is 0 Å². The Bertz CT molecular complexity index is 529. The number of thioether (sulfide) groups is 1. The monoisotopic (exact) mass is 405 g/mol. The van der Waals surface area contributed by atoms with Crippen molar-refractivity contribution in [3.05, 3.63) is 26.7 Å². The molecule has 1 aromatic carbocycles. The standard InChI is InChI=1S/C11H14BrCl2NO2S2/c1-15(4-3-5-18-2)19(16,17)11-9(13)6-8(12)7-10(11)14/h6-7H,3-5H2,1-2H3. The van der Waals surface area contributed by atoms with Gasteiger partial charge in [0.1, 0.15) is 4.90 Å². The first kappa shape index (κ1) is 17.6. The third-order valence-corrected chi connectivity index (χ3v) is 6.39. The normalized spacial score (nSPS) is 12.1. The third kappa shape index (κ3) is 4.51. The fourth-order valence-corrected chi connectivity index (χ4v) is 4.99. The molecule has 0 saturated heterocycles. The summed E-state index contributed by atoms with van der Waals surface area (Å²) in [4.78, 5) is -0.0364. The zero-order valence-electron chi connectivity index (χ0n) is 10.5. The minimum atomic E-state index is -3.66. The Kier molecular flexibility index (Phi) is 6.96. The van der Waals surface area contributed by atoms with E-state index in [9.17, 15) is 8.42 Å². The van der Waals surface area contributed by atoms with Gasteiger partial charge >= 0.3 is 0 Å². The summed E-state index contributed by atoms with van der Waals surface area (Å²) in [6.07, 6.45) is 2.76. The minimum absolute atomic E-state index is 0.0364. The average molecular weight is 407 g/mol. The molecule has 1 rings (SSSR count). The Labute approximate surface area is 136 Å². The van der Waals surface area contributed by atoms with Crippen molar-refractivity contribution in [2.45, 2.75) is 11.3 Å². The van der Waals surface area contributed by atoms with Crippen LogP contribution in [0, 0.1) is 0 Å². The smallest absolute Gasteiger partial charge is 0.207 e. The van der Waals surface area contributed by atoms with Crippen LogP contribution in [0.25, 0.3) is 0 Å². The molecule has 0 amide bonds. The van der Waals surface area contributed by atoms with Crippen molar-refractivity contribution in [1.29, 1.82) is 0 Å². The van der Waals surface area contributed by atoms with Crippen molar-refractivity contribution in [1.82, 2.24) is 4.31 Å². The van der Waals surface area contributed by atoms with E-state index in [-0.39, 0.29) is 14.9 Å². The van der Waals surface area contributed by atoms with E-state index < -0.39 is 10.0 Å². The molecule has 3 nitrogen and oxygen atoms in total. The van der Waals surface area contributed by atoms with Gasteiger partial charge in [0.15, 0.2) is 0 Å². The fourth-order valence-electron chi connectivity index (χ4n) is 1.48. The molecule has 0 aliphatic carbocycles. The summed E-state index contributed by atoms with van der Waals surface area (Å²) in [6.45, 7) is 0.436. The Morgan fingerprint density at radius 2 is 1.84 bits per heavy atom. The molecule has 1 aromatic rings. The first-order valence-corrected chi connectivity index (χ1v) is 9.78. The molecule has 0 atom stereocenters. The second-order valence-electron chi connectivity index (χ2n) is 3.87. The van der Waals surface area contributed by atoms with E-state index in [0.717, 1.165) is 12.2 Å². The number of nitrogens with zero attached hydrogens (tertiary/aromatic N) is 1. The molecule has 0 radical (unpaired) electrons. The van der Waals surface area contributed by atoms with E-state index in [1.54, 1.807) is 11.8 Å². The summed E-state index contributed by atoms with van der Waals surface area (Å²) in [5.41, 5.74) is 0. The minimum Gasteiger partial charge on any atom is -0.207 e. The molecule has 0 fully saturated rings. The number of halogens is 3. The quantitative estimate of drug-likeness (QED) is 0.666. The predicted molar refractivity (Wildman–Crippen MR) is 87.0 cm³/mol. The summed E-state index contributed by atoms with van der Waals surface area (Å²) in [6, 6.07) is 3.05. The first-order valence-electron chi connectivity index (χ1n) is 5.40. The molecule has 0 unspecified atom stereocenters. The van der Waals surface area contributed by atoms with Crippen LogP contribution in [-0.4, -0.2) is 38.3 Å². The molecule has 0 aromatic heterocycles. The average Bonchev–Trinajstić information content (AvgIpc) is 2.27. The lowest BCUT2D eigenvalue weighted by molar-refractivity contribution is 0.470. The Hall–Kier alpha value is 0.540. The Morgan fingerprint density at radius 1 is 1.32 bits per heavy atom. The van der Waals surface area contributed by atoms with E-state index in [2.05, 4.69) is 15.9 Å². The number of hydrogen-bond acceptors (Lipinski definition) is 3. The summed E-state index contributed by atoms with van der Waals surface area (Å²) in [7, 11) is -2.13. The lowest BCUT2D eigenvalue weighted by Crippen LogP contribution is -2.28. The maximum Gasteiger partial charge on any atom is 0.245 e. The van der Waals surface area contributed by atoms with E-state index in [0.29, 0.717) is 11.0 Å². The van der Waals surface area contributed by atoms with Gasteiger partial charge in [0, 0.05) is 18.1 Å². The van der Waals surface area contributed by atoms with E-state index in [4.69, 9.17) is 23.2 Å². The highest BCUT2D eigenvalue weighted by molar-refractivity contribution is 9.10. The lowest BCUT2D eigenvalue weighted by Gasteiger charge is -2.18. The lowest BCUT2D eigenvalue weighted by atomic mass is 10.4. The molecule has 0 bridgehead atoms. The zero-order valence-corrected chi connectivity index (χ0v) is 15.2. The summed E-state index contributed by atoms with van der Waals surface area (Å²) in [5, 5.41) is 0.243. The SMILES string of the molecule is CSCCCN(C)S(=O)(=O)c1c(Cl)cc(Br)cc1Cl. The number of rotatable bonds is 6. The van der Waals surface area contributed by atoms with Gasteiger partial charge in [-0.25, -0.2) is 12.7 Å². The summed E-state index contributed by atoms with van der Waals surface area (Å²) < 4.78 is 26.8. The second-order valence-corrected chi connectivity index (χ2v) is 8.57. The second kappa shape index (κ2) is 7.52. The van der Waals surface area contributed by atoms with E-state index in [1.807, 2.05) is 6.26 Å². The zero-order chi connectivity index (χ0) is 14.6. The van der Waals surface area contributed by atoms with Gasteiger partial charge in [-0.05, 0) is 30.6 Å². The van der Waals surface area contributed by atoms with Crippen LogP contribution in [0.15, 0.2) is 21.5 Å². The molecular weight excluding hydrogens is 393 g/mol. The van der Waals surface area contributed by atoms with Crippen molar-refractivity contribution in [3.63, 3.8) is 0 Å². The van der Waals surface area contributed by atoms with Crippen molar-refractivity contribution >= 4 is 60.9 Å². The van der Waals surface area contributed by atoms with Gasteiger partial charge in [0.2, 0.25) is 10.0 Å². The van der Waals surface area contributed by atoms with Gasteiger partial charge in [-0.1, -0.05) is 39.1 Å². The highest BCUT2D eigenvalue weighted by Gasteiger charge is 2.26. The van der Waals surface area contributed by atoms with Crippen molar-refractivity contribution in [3.8, 4) is 0 Å². The molecule has 0 saturated carbocycles. The molecule has 0 N–H and O–H groups in total. The number of sulfonamides is 1. The van der Waals surface area contributed by atoms with Gasteiger partial charge in [0.05, 0.1) is 10.0 Å². The Balaban J connectivity index is 3.07. The summed E-state index contributed by atoms with van der Waals surface area (Å²) >= 11 is 16.9. The van der Waals surface area contributed by atoms with Crippen molar-refractivity contribution in [2.75, 3.05) is 25.6 Å². The number of hydrogen-bond donors (Lipinski definition) is 0. The largest absolute Gasteiger partial charge is 0.245 e. The van der Waals surface area contributed by atoms with Crippen LogP contribution in [0.2, 0.25) is 10.0 Å². The first-order chi connectivity index (χ1) is 8.80. The maximum absolute atomic E-state index is 12.4. The van der Waals surface area contributed by atoms with Crippen LogP contribution in [0.4, 0.5) is 0 Å². The highest BCUT2D eigenvalue weighted by Crippen LogP contribution is 2.34. The van der Waals surface area contributed by atoms with E-state index in [1.165, 1.54) is 23.5 Å². The van der Waals surface area contributed by atoms with Crippen LogP contribution in [-0.2, 0) is 10.0 Å². The van der Waals surface area contributed by atoms with Crippen LogP contribution in [0.1, 0.15) is 6.42 Å². The van der Waals surface area contributed by atoms with Crippen LogP contribution in [0.3, 0.4) is 0 Å². The van der Waals surface area contributed by atoms with Crippen molar-refractivity contribution < 1.29 is 8.42 Å². The van der Waals surface area contributed by atoms with Gasteiger partial charge in [-0.15, -0.1) is 0 Å². The fraction of sp³-hybridized carbons (Fsp3) is 0.455. The maximum atomic E-state index is 12.4. The van der Waals surface area contributed by atoms with Crippen LogP contribution >= 0.6 is 50.9 Å². The van der Waals surface area contributed by atoms with Gasteiger partial charge in [-0.3, -0.25) is 0 Å². The van der Waals surface area contributed by atoms with E-state index >= 15 is 0 Å². The molecule has 0 aliphatic rings. The van der Waals surface area contributed by atoms with Gasteiger partial charge in [-0.2, -0.15) is 11.8 Å².